The normalized spacial score (nSPS) is 43.3. The van der Waals surface area contributed by atoms with E-state index < -0.39 is 6.16 Å². The molecule has 0 aromatic heterocycles. The molecule has 6 atom stereocenters. The summed E-state index contributed by atoms with van der Waals surface area (Å²) < 4.78 is 10.8. The van der Waals surface area contributed by atoms with Gasteiger partial charge in [-0.1, -0.05) is 26.0 Å². The Balaban J connectivity index is 1.58. The lowest BCUT2D eigenvalue weighted by Gasteiger charge is -2.57. The first-order chi connectivity index (χ1) is 12.8. The van der Waals surface area contributed by atoms with Crippen LogP contribution in [-0.2, 0) is 14.3 Å². The minimum atomic E-state index is -0.519. The van der Waals surface area contributed by atoms with Gasteiger partial charge < -0.3 is 9.47 Å². The fourth-order valence-electron chi connectivity index (χ4n) is 7.01. The molecule has 4 nitrogen and oxygen atoms in total. The molecule has 4 rings (SSSR count). The van der Waals surface area contributed by atoms with Crippen molar-refractivity contribution in [3.05, 3.63) is 23.8 Å². The van der Waals surface area contributed by atoms with Gasteiger partial charge in [0.05, 0.1) is 6.61 Å². The van der Waals surface area contributed by atoms with Crippen LogP contribution in [0.4, 0.5) is 4.79 Å². The summed E-state index contributed by atoms with van der Waals surface area (Å²) in [5, 5.41) is 0. The summed E-state index contributed by atoms with van der Waals surface area (Å²) in [7, 11) is 0. The number of ketones is 1. The first kappa shape index (κ1) is 18.8. The Morgan fingerprint density at radius 2 is 2.00 bits per heavy atom. The molecule has 4 aliphatic rings. The zero-order valence-electron chi connectivity index (χ0n) is 16.9. The van der Waals surface area contributed by atoms with Gasteiger partial charge in [-0.2, -0.15) is 0 Å². The summed E-state index contributed by atoms with van der Waals surface area (Å²) in [6.45, 7) is 10.9. The van der Waals surface area contributed by atoms with Gasteiger partial charge in [-0.05, 0) is 86.7 Å². The van der Waals surface area contributed by atoms with Crippen molar-refractivity contribution in [2.75, 3.05) is 6.61 Å². The third-order valence-corrected chi connectivity index (χ3v) is 8.38. The molecule has 0 heterocycles. The molecule has 0 bridgehead atoms. The van der Waals surface area contributed by atoms with Gasteiger partial charge in [0.2, 0.25) is 0 Å². The van der Waals surface area contributed by atoms with E-state index in [0.29, 0.717) is 24.4 Å². The molecular formula is C23H32O4. The Kier molecular flexibility index (Phi) is 4.51. The maximum absolute atomic E-state index is 12.1. The zero-order valence-corrected chi connectivity index (χ0v) is 16.9. The minimum Gasteiger partial charge on any atom is -0.435 e. The van der Waals surface area contributed by atoms with E-state index in [4.69, 9.17) is 9.47 Å². The molecule has 0 aromatic carbocycles. The predicted octanol–water partition coefficient (Wildman–Crippen LogP) is 5.23. The molecule has 3 fully saturated rings. The Bertz CT molecular complexity index is 707. The summed E-state index contributed by atoms with van der Waals surface area (Å²) in [4.78, 5) is 24.1. The van der Waals surface area contributed by atoms with Crippen molar-refractivity contribution in [3.63, 3.8) is 0 Å². The standard InChI is InChI=1S/C23H32O4/c1-5-26-21(25)27-20-9-8-17-16-7-6-15-12-19(24)14(2)13-23(15,4)18(16)10-11-22(17,20)3/h12,16-18,20H,2,5-11,13H2,1,3-4H3/t16-,17+,18-,20+,22+,23-/m1/s1. The van der Waals surface area contributed by atoms with Crippen molar-refractivity contribution in [1.29, 1.82) is 0 Å². The number of rotatable bonds is 2. The highest BCUT2D eigenvalue weighted by Gasteiger charge is 2.60. The Hall–Kier alpha value is -1.58. The van der Waals surface area contributed by atoms with Crippen molar-refractivity contribution >= 4 is 11.9 Å². The molecular weight excluding hydrogens is 340 g/mol. The van der Waals surface area contributed by atoms with Crippen molar-refractivity contribution in [1.82, 2.24) is 0 Å². The second-order valence-corrected chi connectivity index (χ2v) is 9.56. The van der Waals surface area contributed by atoms with E-state index in [9.17, 15) is 9.59 Å². The molecule has 4 aliphatic carbocycles. The molecule has 0 saturated heterocycles. The number of carbonyl (C=O) groups excluding carboxylic acids is 2. The van der Waals surface area contributed by atoms with Gasteiger partial charge in [0.15, 0.2) is 5.78 Å². The van der Waals surface area contributed by atoms with E-state index in [1.807, 2.05) is 13.0 Å². The first-order valence-electron chi connectivity index (χ1n) is 10.6. The molecule has 0 unspecified atom stereocenters. The maximum Gasteiger partial charge on any atom is 0.508 e. The lowest BCUT2D eigenvalue weighted by molar-refractivity contribution is -0.113. The van der Waals surface area contributed by atoms with Crippen molar-refractivity contribution < 1.29 is 19.1 Å². The molecule has 4 heteroatoms. The molecule has 148 valence electrons. The van der Waals surface area contributed by atoms with Gasteiger partial charge in [0.1, 0.15) is 6.10 Å². The van der Waals surface area contributed by atoms with E-state index in [1.54, 1.807) is 0 Å². The molecule has 0 aliphatic heterocycles. The average Bonchev–Trinajstić information content (AvgIpc) is 2.93. The maximum atomic E-state index is 12.1. The molecule has 0 N–H and O–H groups in total. The summed E-state index contributed by atoms with van der Waals surface area (Å²) in [5.74, 6) is 1.95. The summed E-state index contributed by atoms with van der Waals surface area (Å²) >= 11 is 0. The van der Waals surface area contributed by atoms with Crippen LogP contribution in [0.3, 0.4) is 0 Å². The SMILES string of the molecule is C=C1C[C@]2(C)C(=CC1=O)CC[C@H]1[C@H]2CC[C@]2(C)[C@@H](OC(=O)OCC)CC[C@@H]12. The fourth-order valence-corrected chi connectivity index (χ4v) is 7.01. The van der Waals surface area contributed by atoms with E-state index >= 15 is 0 Å². The van der Waals surface area contributed by atoms with Crippen LogP contribution >= 0.6 is 0 Å². The average molecular weight is 373 g/mol. The third-order valence-electron chi connectivity index (χ3n) is 8.38. The second-order valence-electron chi connectivity index (χ2n) is 9.56. The number of carbonyl (C=O) groups is 2. The van der Waals surface area contributed by atoms with Crippen LogP contribution in [0.2, 0.25) is 0 Å². The Morgan fingerprint density at radius 3 is 2.74 bits per heavy atom. The van der Waals surface area contributed by atoms with Crippen LogP contribution in [-0.4, -0.2) is 24.6 Å². The highest BCUT2D eigenvalue weighted by Crippen LogP contribution is 2.65. The van der Waals surface area contributed by atoms with Crippen LogP contribution in [0, 0.1) is 28.6 Å². The number of fused-ring (bicyclic) bond motifs is 5. The van der Waals surface area contributed by atoms with Gasteiger partial charge in [-0.3, -0.25) is 4.79 Å². The Labute approximate surface area is 162 Å². The largest absolute Gasteiger partial charge is 0.508 e. The number of hydrogen-bond donors (Lipinski definition) is 0. The molecule has 0 radical (unpaired) electrons. The quantitative estimate of drug-likeness (QED) is 0.492. The van der Waals surface area contributed by atoms with Crippen LogP contribution in [0.25, 0.3) is 0 Å². The van der Waals surface area contributed by atoms with E-state index in [2.05, 4.69) is 20.4 Å². The summed E-state index contributed by atoms with van der Waals surface area (Å²) in [6.07, 6.45) is 8.59. The zero-order chi connectivity index (χ0) is 19.4. The lowest BCUT2D eigenvalue weighted by Crippen LogP contribution is -2.51. The van der Waals surface area contributed by atoms with Crippen molar-refractivity contribution in [3.8, 4) is 0 Å². The summed E-state index contributed by atoms with van der Waals surface area (Å²) in [6, 6.07) is 0. The molecule has 3 saturated carbocycles. The number of ether oxygens (including phenoxy) is 2. The fraction of sp³-hybridized carbons (Fsp3) is 0.739. The van der Waals surface area contributed by atoms with Gasteiger partial charge in [-0.15, -0.1) is 0 Å². The van der Waals surface area contributed by atoms with E-state index in [1.165, 1.54) is 5.57 Å². The van der Waals surface area contributed by atoms with Gasteiger partial charge in [-0.25, -0.2) is 4.79 Å². The van der Waals surface area contributed by atoms with Crippen molar-refractivity contribution in [2.45, 2.75) is 71.8 Å². The van der Waals surface area contributed by atoms with E-state index in [0.717, 1.165) is 50.5 Å². The number of hydrogen-bond acceptors (Lipinski definition) is 4. The first-order valence-corrected chi connectivity index (χ1v) is 10.6. The van der Waals surface area contributed by atoms with Crippen molar-refractivity contribution in [2.24, 2.45) is 28.6 Å². The predicted molar refractivity (Wildman–Crippen MR) is 103 cm³/mol. The lowest BCUT2D eigenvalue weighted by atomic mass is 9.47. The summed E-state index contributed by atoms with van der Waals surface area (Å²) in [5.41, 5.74) is 2.25. The second kappa shape index (κ2) is 6.49. The molecule has 27 heavy (non-hydrogen) atoms. The van der Waals surface area contributed by atoms with Crippen LogP contribution in [0.15, 0.2) is 23.8 Å². The monoisotopic (exact) mass is 372 g/mol. The topological polar surface area (TPSA) is 52.6 Å². The Morgan fingerprint density at radius 1 is 1.22 bits per heavy atom. The highest BCUT2D eigenvalue weighted by atomic mass is 16.7. The minimum absolute atomic E-state index is 0.0323. The molecule has 0 amide bonds. The van der Waals surface area contributed by atoms with Gasteiger partial charge >= 0.3 is 6.16 Å². The highest BCUT2D eigenvalue weighted by molar-refractivity contribution is 6.05. The van der Waals surface area contributed by atoms with Crippen LogP contribution in [0.5, 0.6) is 0 Å². The molecule has 0 spiro atoms. The van der Waals surface area contributed by atoms with Crippen LogP contribution < -0.4 is 0 Å². The van der Waals surface area contributed by atoms with Gasteiger partial charge in [0.25, 0.3) is 0 Å². The smallest absolute Gasteiger partial charge is 0.435 e. The molecule has 0 aromatic rings. The third kappa shape index (κ3) is 2.78. The van der Waals surface area contributed by atoms with Crippen LogP contribution in [0.1, 0.15) is 65.7 Å². The van der Waals surface area contributed by atoms with Gasteiger partial charge in [0, 0.05) is 5.41 Å². The van der Waals surface area contributed by atoms with E-state index in [-0.39, 0.29) is 22.7 Å². The number of allylic oxidation sites excluding steroid dienone is 2.